The van der Waals surface area contributed by atoms with Gasteiger partial charge in [0.1, 0.15) is 25.9 Å². The smallest absolute Gasteiger partial charge is 0.331 e. The first-order chi connectivity index (χ1) is 14.6. The van der Waals surface area contributed by atoms with Gasteiger partial charge >= 0.3 is 17.9 Å². The first-order valence-electron chi connectivity index (χ1n) is 9.94. The number of nitrogens with zero attached hydrogens (tertiary/aromatic N) is 1. The van der Waals surface area contributed by atoms with Crippen LogP contribution in [0.5, 0.6) is 0 Å². The van der Waals surface area contributed by atoms with E-state index in [1.807, 2.05) is 21.1 Å². The van der Waals surface area contributed by atoms with Gasteiger partial charge in [-0.1, -0.05) is 0 Å². The summed E-state index contributed by atoms with van der Waals surface area (Å²) >= 11 is 0. The molecule has 31 heavy (non-hydrogen) atoms. The Bertz CT molecular complexity index is 545. The van der Waals surface area contributed by atoms with Gasteiger partial charge in [0.15, 0.2) is 0 Å². The van der Waals surface area contributed by atoms with Crippen molar-refractivity contribution in [1.29, 1.82) is 0 Å². The molecule has 1 atom stereocenters. The van der Waals surface area contributed by atoms with E-state index in [2.05, 4.69) is 4.74 Å². The number of hydrogen-bond acceptors (Lipinski definition) is 10. The fourth-order valence-electron chi connectivity index (χ4n) is 2.16. The van der Waals surface area contributed by atoms with Gasteiger partial charge in [0.2, 0.25) is 0 Å². The van der Waals surface area contributed by atoms with Crippen LogP contribution in [0.25, 0.3) is 0 Å². The van der Waals surface area contributed by atoms with Crippen molar-refractivity contribution >= 4 is 17.9 Å². The van der Waals surface area contributed by atoms with E-state index in [0.29, 0.717) is 37.5 Å². The van der Waals surface area contributed by atoms with Gasteiger partial charge in [-0.25, -0.2) is 9.59 Å². The average molecular weight is 451 g/mol. The van der Waals surface area contributed by atoms with Crippen LogP contribution in [0.1, 0.15) is 6.42 Å². The number of aliphatic hydroxyl groups excluding tert-OH is 1. The Hall–Kier alpha value is -2.05. The Labute approximate surface area is 183 Å². The lowest BCUT2D eigenvalue weighted by molar-refractivity contribution is -0.873. The molecule has 0 saturated carbocycles. The molecule has 0 bridgehead atoms. The van der Waals surface area contributed by atoms with Crippen LogP contribution in [0.2, 0.25) is 0 Å². The molecule has 0 aliphatic rings. The molecule has 180 valence electrons. The zero-order valence-corrected chi connectivity index (χ0v) is 18.9. The fourth-order valence-corrected chi connectivity index (χ4v) is 2.16. The van der Waals surface area contributed by atoms with Crippen LogP contribution < -0.4 is 0 Å². The summed E-state index contributed by atoms with van der Waals surface area (Å²) < 4.78 is 30.5. The normalized spacial score (nSPS) is 12.5. The number of carbonyl (C=O) groups excluding carboxylic acids is 3. The molecule has 0 heterocycles. The molecule has 0 aliphatic heterocycles. The van der Waals surface area contributed by atoms with E-state index in [1.54, 1.807) is 0 Å². The van der Waals surface area contributed by atoms with Gasteiger partial charge in [0.25, 0.3) is 0 Å². The number of rotatable bonds is 18. The van der Waals surface area contributed by atoms with Gasteiger partial charge in [-0.15, -0.1) is 0 Å². The zero-order chi connectivity index (χ0) is 23.5. The third-order valence-electron chi connectivity index (χ3n) is 3.42. The van der Waals surface area contributed by atoms with Gasteiger partial charge in [-0.3, -0.25) is 4.79 Å². The van der Waals surface area contributed by atoms with E-state index in [9.17, 15) is 19.5 Å². The monoisotopic (exact) mass is 450 g/mol. The highest BCUT2D eigenvalue weighted by atomic mass is 16.6. The first kappa shape index (κ1) is 28.9. The highest BCUT2D eigenvalue weighted by Gasteiger charge is 2.19. The third kappa shape index (κ3) is 21.0. The van der Waals surface area contributed by atoms with Crippen molar-refractivity contribution in [1.82, 2.24) is 0 Å². The summed E-state index contributed by atoms with van der Waals surface area (Å²) in [5, 5.41) is 9.80. The van der Waals surface area contributed by atoms with Crippen LogP contribution in [-0.2, 0) is 42.8 Å². The number of ether oxygens (including phenoxy) is 6. The van der Waals surface area contributed by atoms with Crippen molar-refractivity contribution < 1.29 is 52.4 Å². The molecular formula is C20H36NO10+. The summed E-state index contributed by atoms with van der Waals surface area (Å²) in [7, 11) is 7.01. The highest BCUT2D eigenvalue weighted by molar-refractivity contribution is 5.91. The maximum absolute atomic E-state index is 11.6. The van der Waals surface area contributed by atoms with Gasteiger partial charge in [0, 0.05) is 12.2 Å². The Kier molecular flexibility index (Phi) is 16.4. The number of quaternary nitrogens is 1. The standard InChI is InChI=1S/C20H36NO10/c1-21(2,3)16-17(22)15-20(25)31-14-12-29-10-8-27-7-9-28-11-13-30-19(24)6-5-18(23)26-4/h5-6,17,22H,7-16H2,1-4H3/q+1/b6-5+/t17-/m1/s1. The Morgan fingerprint density at radius 1 is 0.774 bits per heavy atom. The molecule has 11 heteroatoms. The minimum atomic E-state index is -0.737. The van der Waals surface area contributed by atoms with E-state index in [1.165, 1.54) is 7.11 Å². The maximum atomic E-state index is 11.6. The summed E-state index contributed by atoms with van der Waals surface area (Å²) in [5.74, 6) is -1.75. The lowest BCUT2D eigenvalue weighted by Gasteiger charge is -2.26. The second-order valence-electron chi connectivity index (χ2n) is 7.41. The Morgan fingerprint density at radius 2 is 1.23 bits per heavy atom. The van der Waals surface area contributed by atoms with Crippen molar-refractivity contribution in [2.24, 2.45) is 0 Å². The molecule has 1 N–H and O–H groups in total. The summed E-state index contributed by atoms with van der Waals surface area (Å²) in [4.78, 5) is 33.6. The second-order valence-corrected chi connectivity index (χ2v) is 7.41. The number of methoxy groups -OCH3 is 1. The van der Waals surface area contributed by atoms with Crippen LogP contribution in [0.4, 0.5) is 0 Å². The number of esters is 3. The lowest BCUT2D eigenvalue weighted by Crippen LogP contribution is -2.42. The molecule has 0 radical (unpaired) electrons. The van der Waals surface area contributed by atoms with Crippen LogP contribution in [0.15, 0.2) is 12.2 Å². The van der Waals surface area contributed by atoms with Crippen LogP contribution in [0, 0.1) is 0 Å². The summed E-state index contributed by atoms with van der Waals surface area (Å²) in [6.45, 7) is 2.44. The van der Waals surface area contributed by atoms with E-state index in [0.717, 1.165) is 12.2 Å². The van der Waals surface area contributed by atoms with Crippen molar-refractivity contribution in [3.63, 3.8) is 0 Å². The van der Waals surface area contributed by atoms with Crippen LogP contribution >= 0.6 is 0 Å². The molecule has 0 rings (SSSR count). The summed E-state index contributed by atoms with van der Waals surface area (Å²) in [5.41, 5.74) is 0. The SMILES string of the molecule is COC(=O)/C=C/C(=O)OCCOCCOCCOCCOC(=O)C[C@@H](O)C[N+](C)(C)C. The summed E-state index contributed by atoms with van der Waals surface area (Å²) in [6.07, 6.45) is 1.17. The second kappa shape index (κ2) is 17.6. The van der Waals surface area contributed by atoms with Crippen molar-refractivity contribution in [2.45, 2.75) is 12.5 Å². The molecule has 0 aliphatic carbocycles. The fraction of sp³-hybridized carbons (Fsp3) is 0.750. The minimum Gasteiger partial charge on any atom is -0.466 e. The predicted molar refractivity (Wildman–Crippen MR) is 109 cm³/mol. The molecule has 0 saturated heterocycles. The van der Waals surface area contributed by atoms with Crippen LogP contribution in [0.3, 0.4) is 0 Å². The molecule has 0 aromatic heterocycles. The quantitative estimate of drug-likeness (QED) is 0.0942. The third-order valence-corrected chi connectivity index (χ3v) is 3.42. The Balaban J connectivity index is 3.42. The summed E-state index contributed by atoms with van der Waals surface area (Å²) in [6, 6.07) is 0. The molecule has 0 fully saturated rings. The van der Waals surface area contributed by atoms with Crippen molar-refractivity contribution in [2.75, 3.05) is 87.7 Å². The number of hydrogen-bond donors (Lipinski definition) is 1. The van der Waals surface area contributed by atoms with E-state index in [-0.39, 0.29) is 32.8 Å². The van der Waals surface area contributed by atoms with Crippen molar-refractivity contribution in [3.05, 3.63) is 12.2 Å². The number of likely N-dealkylation sites (N-methyl/N-ethyl adjacent to an activating group) is 1. The first-order valence-corrected chi connectivity index (χ1v) is 9.94. The largest absolute Gasteiger partial charge is 0.466 e. The zero-order valence-electron chi connectivity index (χ0n) is 18.9. The lowest BCUT2D eigenvalue weighted by atomic mass is 10.2. The van der Waals surface area contributed by atoms with Gasteiger partial charge in [-0.05, 0) is 0 Å². The van der Waals surface area contributed by atoms with E-state index in [4.69, 9.17) is 23.7 Å². The molecule has 0 aromatic rings. The predicted octanol–water partition coefficient (Wildman–Crippen LogP) is -0.691. The molecule has 0 aromatic carbocycles. The molecule has 0 amide bonds. The molecule has 0 spiro atoms. The van der Waals surface area contributed by atoms with Crippen molar-refractivity contribution in [3.8, 4) is 0 Å². The van der Waals surface area contributed by atoms with Gasteiger partial charge in [0.05, 0.1) is 74.3 Å². The molecular weight excluding hydrogens is 414 g/mol. The number of aliphatic hydroxyl groups is 1. The van der Waals surface area contributed by atoms with Gasteiger partial charge in [-0.2, -0.15) is 0 Å². The maximum Gasteiger partial charge on any atom is 0.331 e. The topological polar surface area (TPSA) is 127 Å². The minimum absolute atomic E-state index is 0.0397. The number of carbonyl (C=O) groups is 3. The van der Waals surface area contributed by atoms with Gasteiger partial charge < -0.3 is 38.0 Å². The Morgan fingerprint density at radius 3 is 1.71 bits per heavy atom. The van der Waals surface area contributed by atoms with E-state index < -0.39 is 24.0 Å². The van der Waals surface area contributed by atoms with E-state index >= 15 is 0 Å². The van der Waals surface area contributed by atoms with Crippen LogP contribution in [-0.4, -0.2) is 121 Å². The molecule has 0 unspecified atom stereocenters. The molecule has 11 nitrogen and oxygen atoms in total. The average Bonchev–Trinajstić information content (AvgIpc) is 2.67. The highest BCUT2D eigenvalue weighted by Crippen LogP contribution is 2.01.